The molecular formula is C25H21N7O. The van der Waals surface area contributed by atoms with Gasteiger partial charge in [0.15, 0.2) is 11.6 Å². The third kappa shape index (κ3) is 3.97. The van der Waals surface area contributed by atoms with Crippen molar-refractivity contribution in [1.29, 1.82) is 0 Å². The second-order valence-corrected chi connectivity index (χ2v) is 7.54. The van der Waals surface area contributed by atoms with Gasteiger partial charge in [0.1, 0.15) is 12.0 Å². The van der Waals surface area contributed by atoms with Gasteiger partial charge in [-0.25, -0.2) is 9.97 Å². The van der Waals surface area contributed by atoms with Crippen LogP contribution < -0.4 is 21.9 Å². The fourth-order valence-corrected chi connectivity index (χ4v) is 3.69. The average molecular weight is 435 g/mol. The Morgan fingerprint density at radius 3 is 2.55 bits per heavy atom. The van der Waals surface area contributed by atoms with Crippen LogP contribution in [0.15, 0.2) is 79.1 Å². The first-order valence-electron chi connectivity index (χ1n) is 10.4. The van der Waals surface area contributed by atoms with Crippen LogP contribution in [0.5, 0.6) is 0 Å². The van der Waals surface area contributed by atoms with E-state index in [0.29, 0.717) is 11.4 Å². The molecule has 0 aliphatic rings. The molecule has 0 aliphatic carbocycles. The molecule has 0 aliphatic heterocycles. The maximum Gasteiger partial charge on any atom is 0.270 e. The molecule has 0 bridgehead atoms. The molecule has 8 nitrogen and oxygen atoms in total. The lowest BCUT2D eigenvalue weighted by atomic mass is 10.0. The highest BCUT2D eigenvalue weighted by molar-refractivity contribution is 6.07. The van der Waals surface area contributed by atoms with Crippen molar-refractivity contribution in [3.05, 3.63) is 90.4 Å². The maximum absolute atomic E-state index is 12.8. The van der Waals surface area contributed by atoms with Crippen molar-refractivity contribution in [3.8, 4) is 0 Å². The number of nitrogens with two attached hydrogens (primary N) is 1. The van der Waals surface area contributed by atoms with Gasteiger partial charge in [0, 0.05) is 22.3 Å². The Kier molecular flexibility index (Phi) is 5.16. The van der Waals surface area contributed by atoms with E-state index in [1.54, 1.807) is 6.07 Å². The van der Waals surface area contributed by atoms with E-state index in [-0.39, 0.29) is 17.4 Å². The number of nitrogen functional groups attached to an aromatic ring is 1. The van der Waals surface area contributed by atoms with Gasteiger partial charge in [0.25, 0.3) is 5.91 Å². The zero-order chi connectivity index (χ0) is 22.8. The molecule has 33 heavy (non-hydrogen) atoms. The van der Waals surface area contributed by atoms with Crippen LogP contribution in [-0.4, -0.2) is 20.9 Å². The molecule has 2 heterocycles. The summed E-state index contributed by atoms with van der Waals surface area (Å²) in [5.74, 6) is 0.407. The molecule has 162 valence electrons. The number of hydrazine groups is 1. The zero-order valence-corrected chi connectivity index (χ0v) is 17.8. The number of pyridine rings is 1. The van der Waals surface area contributed by atoms with Gasteiger partial charge in [-0.1, -0.05) is 42.5 Å². The molecule has 0 radical (unpaired) electrons. The second-order valence-electron chi connectivity index (χ2n) is 7.54. The van der Waals surface area contributed by atoms with Crippen molar-refractivity contribution in [3.63, 3.8) is 0 Å². The maximum atomic E-state index is 12.8. The van der Waals surface area contributed by atoms with Crippen molar-refractivity contribution < 1.29 is 4.79 Å². The third-order valence-electron chi connectivity index (χ3n) is 5.34. The molecular weight excluding hydrogens is 414 g/mol. The summed E-state index contributed by atoms with van der Waals surface area (Å²) in [7, 11) is 0. The van der Waals surface area contributed by atoms with Crippen molar-refractivity contribution in [2.75, 3.05) is 16.5 Å². The van der Waals surface area contributed by atoms with Crippen LogP contribution in [0.1, 0.15) is 16.1 Å². The molecule has 5 N–H and O–H groups in total. The first kappa shape index (κ1) is 20.2. The third-order valence-corrected chi connectivity index (χ3v) is 5.34. The van der Waals surface area contributed by atoms with Crippen molar-refractivity contribution in [2.45, 2.75) is 6.92 Å². The number of hydrogen-bond acceptors (Lipinski definition) is 7. The molecule has 8 heteroatoms. The summed E-state index contributed by atoms with van der Waals surface area (Å²) in [6.07, 6.45) is 1.37. The van der Waals surface area contributed by atoms with Gasteiger partial charge >= 0.3 is 0 Å². The lowest BCUT2D eigenvalue weighted by Crippen LogP contribution is -2.30. The molecule has 0 saturated heterocycles. The Labute approximate surface area is 189 Å². The number of carbonyl (C=O) groups is 1. The number of benzene rings is 3. The predicted octanol–water partition coefficient (Wildman–Crippen LogP) is 4.57. The number of fused-ring (bicyclic) bond motifs is 2. The van der Waals surface area contributed by atoms with E-state index < -0.39 is 0 Å². The van der Waals surface area contributed by atoms with Gasteiger partial charge in [0.2, 0.25) is 0 Å². The van der Waals surface area contributed by atoms with E-state index >= 15 is 0 Å². The summed E-state index contributed by atoms with van der Waals surface area (Å²) in [4.78, 5) is 25.8. The topological polar surface area (TPSA) is 118 Å². The largest absolute Gasteiger partial charge is 0.393 e. The summed E-state index contributed by atoms with van der Waals surface area (Å²) >= 11 is 0. The Hall–Kier alpha value is -4.72. The Morgan fingerprint density at radius 1 is 0.848 bits per heavy atom. The highest BCUT2D eigenvalue weighted by atomic mass is 16.2. The fraction of sp³-hybridized carbons (Fsp3) is 0.0400. The fourth-order valence-electron chi connectivity index (χ4n) is 3.69. The Balaban J connectivity index is 1.38. The lowest BCUT2D eigenvalue weighted by molar-refractivity contribution is 0.0964. The Morgan fingerprint density at radius 2 is 1.64 bits per heavy atom. The minimum atomic E-state index is -0.296. The van der Waals surface area contributed by atoms with E-state index in [1.807, 2.05) is 73.7 Å². The molecule has 5 rings (SSSR count). The standard InChI is InChI=1S/C25H21N7O/c1-15-12-13-19-20(29-15)10-5-11-21(19)30-23-22(26)24(28-14-27-23)31-32-25(33)18-9-4-7-16-6-2-3-8-17(16)18/h2-14H,26H2,1H3,(H,32,33)(H2,27,28,30,31). The summed E-state index contributed by atoms with van der Waals surface area (Å²) < 4.78 is 0. The minimum Gasteiger partial charge on any atom is -0.393 e. The van der Waals surface area contributed by atoms with Crippen LogP contribution in [0.3, 0.4) is 0 Å². The van der Waals surface area contributed by atoms with Crippen molar-refractivity contribution in [1.82, 2.24) is 20.4 Å². The van der Waals surface area contributed by atoms with Crippen LogP contribution in [0.25, 0.3) is 21.7 Å². The van der Waals surface area contributed by atoms with Gasteiger partial charge in [-0.2, -0.15) is 0 Å². The number of aromatic nitrogens is 3. The predicted molar refractivity (Wildman–Crippen MR) is 131 cm³/mol. The zero-order valence-electron chi connectivity index (χ0n) is 17.8. The van der Waals surface area contributed by atoms with Gasteiger partial charge < -0.3 is 11.1 Å². The summed E-state index contributed by atoms with van der Waals surface area (Å²) in [6.45, 7) is 1.95. The average Bonchev–Trinajstić information content (AvgIpc) is 2.84. The number of nitrogens with zero attached hydrogens (tertiary/aromatic N) is 3. The number of aryl methyl sites for hydroxylation is 1. The number of anilines is 4. The molecule has 2 aromatic heterocycles. The van der Waals surface area contributed by atoms with Crippen LogP contribution >= 0.6 is 0 Å². The summed E-state index contributed by atoms with van der Waals surface area (Å²) in [5, 5.41) is 6.04. The highest BCUT2D eigenvalue weighted by Crippen LogP contribution is 2.29. The summed E-state index contributed by atoms with van der Waals surface area (Å²) in [6, 6.07) is 23.0. The van der Waals surface area contributed by atoms with E-state index in [4.69, 9.17) is 5.73 Å². The van der Waals surface area contributed by atoms with Gasteiger partial charge in [-0.05, 0) is 48.0 Å². The number of amides is 1. The van der Waals surface area contributed by atoms with Gasteiger partial charge in [-0.3, -0.25) is 20.6 Å². The van der Waals surface area contributed by atoms with Gasteiger partial charge in [-0.15, -0.1) is 0 Å². The van der Waals surface area contributed by atoms with E-state index in [9.17, 15) is 4.79 Å². The van der Waals surface area contributed by atoms with Crippen LogP contribution in [-0.2, 0) is 0 Å². The van der Waals surface area contributed by atoms with E-state index in [0.717, 1.165) is 33.1 Å². The van der Waals surface area contributed by atoms with Crippen molar-refractivity contribution in [2.24, 2.45) is 0 Å². The lowest BCUT2D eigenvalue weighted by Gasteiger charge is -2.14. The molecule has 0 saturated carbocycles. The molecule has 0 atom stereocenters. The normalized spacial score (nSPS) is 10.8. The number of carbonyl (C=O) groups excluding carboxylic acids is 1. The molecule has 3 aromatic carbocycles. The Bertz CT molecular complexity index is 1490. The number of rotatable bonds is 5. The number of hydrogen-bond donors (Lipinski definition) is 4. The highest BCUT2D eigenvalue weighted by Gasteiger charge is 2.13. The SMILES string of the molecule is Cc1ccc2c(Nc3ncnc(NNC(=O)c4cccc5ccccc45)c3N)cccc2n1. The second kappa shape index (κ2) is 8.43. The van der Waals surface area contributed by atoms with E-state index in [2.05, 4.69) is 31.1 Å². The minimum absolute atomic E-state index is 0.271. The van der Waals surface area contributed by atoms with Crippen LogP contribution in [0.2, 0.25) is 0 Å². The molecule has 0 spiro atoms. The van der Waals surface area contributed by atoms with Crippen LogP contribution in [0.4, 0.5) is 23.0 Å². The first-order valence-corrected chi connectivity index (χ1v) is 10.4. The molecule has 0 fully saturated rings. The first-order chi connectivity index (χ1) is 16.1. The smallest absolute Gasteiger partial charge is 0.270 e. The van der Waals surface area contributed by atoms with Gasteiger partial charge in [0.05, 0.1) is 5.52 Å². The van der Waals surface area contributed by atoms with Crippen LogP contribution in [0, 0.1) is 6.92 Å². The quantitative estimate of drug-likeness (QED) is 0.299. The number of nitrogens with one attached hydrogen (secondary N) is 3. The van der Waals surface area contributed by atoms with Crippen molar-refractivity contribution >= 4 is 50.6 Å². The summed E-state index contributed by atoms with van der Waals surface area (Å²) in [5.41, 5.74) is 15.2. The monoisotopic (exact) mass is 435 g/mol. The molecule has 1 amide bonds. The van der Waals surface area contributed by atoms with E-state index in [1.165, 1.54) is 6.33 Å². The molecule has 5 aromatic rings. The molecule has 0 unspecified atom stereocenters.